The van der Waals surface area contributed by atoms with E-state index in [4.69, 9.17) is 9.88 Å². The van der Waals surface area contributed by atoms with E-state index in [1.807, 2.05) is 0 Å². The van der Waals surface area contributed by atoms with Gasteiger partial charge in [0.1, 0.15) is 0 Å². The van der Waals surface area contributed by atoms with Gasteiger partial charge in [-0.05, 0) is 0 Å². The van der Waals surface area contributed by atoms with Crippen molar-refractivity contribution in [2.24, 2.45) is 35.5 Å². The Balaban J connectivity index is 7.32. The molecule has 0 rings (SSSR count). The first-order valence-corrected chi connectivity index (χ1v) is 29.5. The molecule has 0 aromatic carbocycles. The van der Waals surface area contributed by atoms with Crippen LogP contribution in [0, 0.1) is 35.5 Å². The molecule has 11 nitrogen and oxygen atoms in total. The van der Waals surface area contributed by atoms with Crippen molar-refractivity contribution in [1.29, 1.82) is 0 Å². The average molecular weight is 1000 g/mol. The normalized spacial score (nSPS) is 19.8. The molecule has 0 aromatic heterocycles. The van der Waals surface area contributed by atoms with Gasteiger partial charge in [-0.1, -0.05) is 0 Å². The van der Waals surface area contributed by atoms with Crippen molar-refractivity contribution in [3.05, 3.63) is 0 Å². The fraction of sp³-hybridized carbons (Fsp3) is 1.00. The van der Waals surface area contributed by atoms with Crippen LogP contribution in [0.5, 0.6) is 0 Å². The SMILES string of the molecule is CC(C(C)C(C)(C)[O][Sb]([N](C)C)[N](C)C)C(C)C(C)(O[Te](N(C)C)(N(C)C)N(C)C)C(C)C(C)C(C)C(C)(C)[O][Ge]([N](C)C)([N](C)C)[N](C)C. The van der Waals surface area contributed by atoms with Gasteiger partial charge in [-0.25, -0.2) is 0 Å². The van der Waals surface area contributed by atoms with Gasteiger partial charge < -0.3 is 0 Å². The third-order valence-corrected chi connectivity index (χ3v) is 36.6. The molecule has 0 amide bonds. The zero-order chi connectivity index (χ0) is 40.3. The Kier molecular flexibility index (Phi) is 20.4. The molecule has 14 heteroatoms. The summed E-state index contributed by atoms with van der Waals surface area (Å²) in [6, 6.07) is 0. The van der Waals surface area contributed by atoms with E-state index < -0.39 is 60.5 Å². The first-order chi connectivity index (χ1) is 22.3. The monoisotopic (exact) mass is 1000 g/mol. The second kappa shape index (κ2) is 19.7. The predicted octanol–water partition coefficient (Wildman–Crippen LogP) is 4.52. The molecule has 0 spiro atoms. The van der Waals surface area contributed by atoms with Crippen molar-refractivity contribution in [3.63, 3.8) is 0 Å². The molecular weight excluding hydrogens is 914 g/mol. The quantitative estimate of drug-likeness (QED) is 0.144. The van der Waals surface area contributed by atoms with E-state index in [0.717, 1.165) is 0 Å². The van der Waals surface area contributed by atoms with Crippen LogP contribution in [0.2, 0.25) is 0 Å². The van der Waals surface area contributed by atoms with E-state index in [-0.39, 0.29) is 29.0 Å². The number of hydrogen-bond donors (Lipinski definition) is 0. The third-order valence-electron chi connectivity index (χ3n) is 12.0. The summed E-state index contributed by atoms with van der Waals surface area (Å²) in [4.78, 5) is 0. The second-order valence-corrected chi connectivity index (χ2v) is 42.0. The van der Waals surface area contributed by atoms with Gasteiger partial charge in [0.25, 0.3) is 0 Å². The van der Waals surface area contributed by atoms with Gasteiger partial charge in [0.15, 0.2) is 0 Å². The van der Waals surface area contributed by atoms with Crippen LogP contribution in [-0.4, -0.2) is 212 Å². The zero-order valence-electron chi connectivity index (χ0n) is 38.1. The maximum absolute atomic E-state index is 7.94. The standard InChI is InChI=1S/C32H75GeN6O3Te.2C2H6N.Sb/c1-24(26(3)30(7,8)40)28(5)32(11,42-43(37(18)19,38(20)21)39(22)23)29(6)25(2)27(4)31(9,10)41-33(34(12)13,35(14)15)36(16)17;2*1-3-2;/h24-29H,1-23H3;2*1-2H3;/q3*-1;+3. The topological polar surface area (TPSA) is 53.6 Å². The van der Waals surface area contributed by atoms with Gasteiger partial charge in [0.05, 0.1) is 0 Å². The van der Waals surface area contributed by atoms with Gasteiger partial charge in [-0.2, -0.15) is 0 Å². The minimum absolute atomic E-state index is 0.216. The van der Waals surface area contributed by atoms with Crippen molar-refractivity contribution < 1.29 is 9.88 Å². The fourth-order valence-corrected chi connectivity index (χ4v) is 29.7. The molecule has 50 heavy (non-hydrogen) atoms. The molecule has 7 atom stereocenters. The van der Waals surface area contributed by atoms with E-state index >= 15 is 0 Å². The summed E-state index contributed by atoms with van der Waals surface area (Å²) in [6.45, 7) is 26.2. The Morgan fingerprint density at radius 2 is 0.780 bits per heavy atom. The predicted molar refractivity (Wildman–Crippen MR) is 222 cm³/mol. The van der Waals surface area contributed by atoms with Crippen LogP contribution >= 0.6 is 0 Å². The van der Waals surface area contributed by atoms with Gasteiger partial charge in [-0.15, -0.1) is 0 Å². The molecule has 0 aliphatic heterocycles. The van der Waals surface area contributed by atoms with E-state index in [1.54, 1.807) is 0 Å². The maximum atomic E-state index is 7.94. The molecule has 304 valence electrons. The molecule has 0 fully saturated rings. The van der Waals surface area contributed by atoms with Crippen LogP contribution in [0.4, 0.5) is 0 Å². The Morgan fingerprint density at radius 1 is 0.480 bits per heavy atom. The zero-order valence-corrected chi connectivity index (χ0v) is 45.1. The molecule has 7 unspecified atom stereocenters. The summed E-state index contributed by atoms with van der Waals surface area (Å²) < 4.78 is 41.3. The summed E-state index contributed by atoms with van der Waals surface area (Å²) >= 11 is -9.03. The molecule has 0 aliphatic rings. The summed E-state index contributed by atoms with van der Waals surface area (Å²) in [7, 11) is 34.9. The van der Waals surface area contributed by atoms with Crippen LogP contribution < -0.4 is 0 Å². The van der Waals surface area contributed by atoms with Crippen molar-refractivity contribution in [2.45, 2.75) is 93.0 Å². The summed E-state index contributed by atoms with van der Waals surface area (Å²) in [6.07, 6.45) is 0. The van der Waals surface area contributed by atoms with E-state index in [0.29, 0.717) is 17.8 Å². The molecule has 0 heterocycles. The Labute approximate surface area is 330 Å². The van der Waals surface area contributed by atoms with E-state index in [1.165, 1.54) is 0 Å². The summed E-state index contributed by atoms with van der Waals surface area (Å²) in [5.41, 5.74) is -1.14. The number of rotatable bonds is 22. The van der Waals surface area contributed by atoms with E-state index in [9.17, 15) is 0 Å². The van der Waals surface area contributed by atoms with Crippen LogP contribution in [0.1, 0.15) is 76.2 Å². The van der Waals surface area contributed by atoms with Gasteiger partial charge in [0, 0.05) is 0 Å². The minimum atomic E-state index is -3.49. The molecule has 0 aromatic rings. The van der Waals surface area contributed by atoms with Gasteiger partial charge >= 0.3 is 333 Å². The molecule has 0 bridgehead atoms. The van der Waals surface area contributed by atoms with Crippen molar-refractivity contribution >= 4 is 54.9 Å². The molecule has 0 radical (unpaired) electrons. The number of nitrogens with zero attached hydrogens (tertiary/aromatic N) is 8. The van der Waals surface area contributed by atoms with Gasteiger partial charge in [-0.3, -0.25) is 0 Å². The average Bonchev–Trinajstić information content (AvgIpc) is 2.97. The number of hydrogen-bond acceptors (Lipinski definition) is 11. The van der Waals surface area contributed by atoms with Crippen molar-refractivity contribution in [1.82, 2.24) is 27.1 Å². The van der Waals surface area contributed by atoms with Crippen molar-refractivity contribution in [3.8, 4) is 0 Å². The molecule has 0 saturated carbocycles. The first kappa shape index (κ1) is 51.7. The second-order valence-electron chi connectivity index (χ2n) is 17.7. The Bertz CT molecular complexity index is 968. The molecule has 0 N–H and O–H groups in total. The third kappa shape index (κ3) is 11.2. The van der Waals surface area contributed by atoms with Crippen LogP contribution in [0.25, 0.3) is 0 Å². The van der Waals surface area contributed by atoms with Crippen LogP contribution in [0.3, 0.4) is 0 Å². The van der Waals surface area contributed by atoms with E-state index in [2.05, 4.69) is 216 Å². The van der Waals surface area contributed by atoms with Gasteiger partial charge in [0.2, 0.25) is 0 Å². The van der Waals surface area contributed by atoms with Crippen LogP contribution in [0.15, 0.2) is 0 Å². The van der Waals surface area contributed by atoms with Crippen LogP contribution in [-0.2, 0) is 9.88 Å². The molecular formula is C36H87GeN8O3SbTe. The molecule has 0 saturated heterocycles. The Morgan fingerprint density at radius 3 is 1.04 bits per heavy atom. The first-order valence-electron chi connectivity index (χ1n) is 18.4. The summed E-state index contributed by atoms with van der Waals surface area (Å²) in [5.74, 6) is 1.60. The molecule has 0 aliphatic carbocycles. The Hall–Kier alpha value is 1.71. The fourth-order valence-electron chi connectivity index (χ4n) is 7.92. The summed E-state index contributed by atoms with van der Waals surface area (Å²) in [5, 5.41) is 0. The van der Waals surface area contributed by atoms with Crippen molar-refractivity contribution in [2.75, 3.05) is 113 Å².